The smallest absolute Gasteiger partial charge is 0.399 e. The number of halogens is 1. The van der Waals surface area contributed by atoms with Crippen LogP contribution in [0.1, 0.15) is 50.5 Å². The topological polar surface area (TPSA) is 104 Å². The Bertz CT molecular complexity index is 5150. The van der Waals surface area contributed by atoms with Crippen molar-refractivity contribution in [2.45, 2.75) is 66.6 Å². The second kappa shape index (κ2) is 26.2. The van der Waals surface area contributed by atoms with Crippen LogP contribution in [0.5, 0.6) is 0 Å². The lowest BCUT2D eigenvalue weighted by Gasteiger charge is -2.32. The van der Waals surface area contributed by atoms with Gasteiger partial charge in [0.05, 0.1) is 38.3 Å². The van der Waals surface area contributed by atoms with Gasteiger partial charge < -0.3 is 18.4 Å². The molecule has 1 aliphatic rings. The zero-order valence-electron chi connectivity index (χ0n) is 53.8. The molecule has 0 bridgehead atoms. The van der Waals surface area contributed by atoms with Gasteiger partial charge in [-0.05, 0) is 137 Å². The SMILES string of the molecule is CC1(C)OB(c2cccc(-c3cccc(P(=O)(c4ccccc4)c4ccccc4)c3)c2)OC1(C)C.Cc1ccc2ccc3c(-c4cccc(-c5cccc(P(=O)(c6ccccc6)c6ccccc6)c5)c4)cc(C)nc3c2n1.Cc1ccc2ccc3c(Cl)cc(C)nc3c2n1. The molecular weight excluding hydrogens is 1210 g/mol. The molecule has 0 radical (unpaired) electrons. The fourth-order valence-electron chi connectivity index (χ4n) is 12.3. The van der Waals surface area contributed by atoms with Gasteiger partial charge in [-0.3, -0.25) is 19.9 Å². The lowest BCUT2D eigenvalue weighted by atomic mass is 9.78. The summed E-state index contributed by atoms with van der Waals surface area (Å²) in [4.78, 5) is 18.9. The van der Waals surface area contributed by atoms with E-state index in [-0.39, 0.29) is 0 Å². The van der Waals surface area contributed by atoms with Crippen LogP contribution in [0.4, 0.5) is 0 Å². The Labute approximate surface area is 555 Å². The van der Waals surface area contributed by atoms with Crippen LogP contribution in [0.3, 0.4) is 0 Å². The molecule has 4 aromatic heterocycles. The molecule has 0 atom stereocenters. The van der Waals surface area contributed by atoms with Crippen molar-refractivity contribution < 1.29 is 18.4 Å². The first-order chi connectivity index (χ1) is 45.4. The van der Waals surface area contributed by atoms with Gasteiger partial charge in [-0.1, -0.05) is 248 Å². The molecule has 14 aromatic rings. The molecule has 0 amide bonds. The number of aromatic nitrogens is 4. The normalized spacial score (nSPS) is 13.5. The van der Waals surface area contributed by atoms with Crippen LogP contribution >= 0.6 is 25.9 Å². The number of benzene rings is 10. The number of hydrogen-bond donors (Lipinski definition) is 0. The van der Waals surface area contributed by atoms with E-state index in [4.69, 9.17) is 30.9 Å². The van der Waals surface area contributed by atoms with Crippen molar-refractivity contribution in [1.29, 1.82) is 0 Å². The maximum absolute atomic E-state index is 15.0. The van der Waals surface area contributed by atoms with Gasteiger partial charge in [0, 0.05) is 76.1 Å². The summed E-state index contributed by atoms with van der Waals surface area (Å²) in [5, 5.41) is 9.91. The first kappa shape index (κ1) is 63.3. The van der Waals surface area contributed by atoms with Crippen LogP contribution in [0, 0.1) is 27.7 Å². The minimum absolute atomic E-state index is 0.397. The average Bonchev–Trinajstić information content (AvgIpc) is 1.13. The third-order valence-corrected chi connectivity index (χ3v) is 24.3. The van der Waals surface area contributed by atoms with Gasteiger partial charge in [-0.15, -0.1) is 0 Å². The summed E-state index contributed by atoms with van der Waals surface area (Å²) in [6, 6.07) is 92.8. The Morgan fingerprint density at radius 3 is 1.15 bits per heavy atom. The number of hydrogen-bond acceptors (Lipinski definition) is 8. The molecule has 462 valence electrons. The van der Waals surface area contributed by atoms with Gasteiger partial charge in [0.2, 0.25) is 0 Å². The van der Waals surface area contributed by atoms with Gasteiger partial charge in [-0.2, -0.15) is 0 Å². The van der Waals surface area contributed by atoms with Crippen LogP contribution < -0.4 is 37.3 Å². The molecule has 1 aliphatic heterocycles. The number of pyridine rings is 4. The fraction of sp³-hybridized carbons (Fsp3) is 0.122. The Morgan fingerprint density at radius 1 is 0.330 bits per heavy atom. The van der Waals surface area contributed by atoms with Crippen LogP contribution in [0.15, 0.2) is 279 Å². The van der Waals surface area contributed by atoms with Gasteiger partial charge in [0.25, 0.3) is 0 Å². The molecule has 8 nitrogen and oxygen atoms in total. The third kappa shape index (κ3) is 12.5. The van der Waals surface area contributed by atoms with Crippen molar-refractivity contribution in [1.82, 2.24) is 19.9 Å². The number of fused-ring (bicyclic) bond motifs is 6. The first-order valence-corrected chi connectivity index (χ1v) is 35.4. The van der Waals surface area contributed by atoms with Gasteiger partial charge in [0.15, 0.2) is 14.3 Å². The first-order valence-electron chi connectivity index (χ1n) is 31.6. The van der Waals surface area contributed by atoms with E-state index < -0.39 is 32.6 Å². The minimum atomic E-state index is -3.08. The zero-order chi connectivity index (χ0) is 65.4. The summed E-state index contributed by atoms with van der Waals surface area (Å²) in [6.07, 6.45) is 0. The highest BCUT2D eigenvalue weighted by molar-refractivity contribution is 7.85. The molecule has 15 rings (SSSR count). The minimum Gasteiger partial charge on any atom is -0.399 e. The molecule has 0 unspecified atom stereocenters. The Kier molecular flexibility index (Phi) is 17.6. The molecule has 10 aromatic carbocycles. The highest BCUT2D eigenvalue weighted by Gasteiger charge is 2.51. The summed E-state index contributed by atoms with van der Waals surface area (Å²) < 4.78 is 42.3. The summed E-state index contributed by atoms with van der Waals surface area (Å²) in [5.74, 6) is 0. The monoisotopic (exact) mass is 1280 g/mol. The fourth-order valence-corrected chi connectivity index (χ4v) is 18.0. The number of aryl methyl sites for hydroxylation is 4. The van der Waals surface area contributed by atoms with E-state index in [1.54, 1.807) is 0 Å². The van der Waals surface area contributed by atoms with Crippen molar-refractivity contribution >= 4 is 114 Å². The molecular formula is C82H70BClN4O4P2. The molecule has 0 spiro atoms. The van der Waals surface area contributed by atoms with Crippen molar-refractivity contribution in [3.8, 4) is 33.4 Å². The molecule has 1 saturated heterocycles. The van der Waals surface area contributed by atoms with E-state index in [0.717, 1.165) is 142 Å². The molecule has 0 N–H and O–H groups in total. The lowest BCUT2D eigenvalue weighted by Crippen LogP contribution is -2.41. The van der Waals surface area contributed by atoms with E-state index >= 15 is 0 Å². The van der Waals surface area contributed by atoms with Gasteiger partial charge in [0.1, 0.15) is 0 Å². The van der Waals surface area contributed by atoms with Crippen molar-refractivity contribution in [3.05, 3.63) is 307 Å². The average molecular weight is 1280 g/mol. The van der Waals surface area contributed by atoms with E-state index in [2.05, 4.69) is 129 Å². The molecule has 5 heterocycles. The molecule has 94 heavy (non-hydrogen) atoms. The zero-order valence-corrected chi connectivity index (χ0v) is 56.4. The standard InChI is InChI=1S/C38H29N2OP.C30H30BO3P.C14H11ClN2/c1-26-19-20-28-21-22-35-36(23-27(2)40-38(35)37(28)39-26)31-13-9-11-29(24-31)30-12-10-18-34(25-30)42(41,32-14-5-3-6-15-32)33-16-7-4-8-17-33;1-29(2)30(3,4)34-31(33-29)25-15-11-13-23(21-25)24-14-12-20-28(22-24)35(32,26-16-7-5-8-17-26)27-18-9-6-10-19-27;1-8-3-4-10-5-6-11-12(15)7-9(2)17-14(11)13(10)16-8/h3-25H,1-2H3;5-22H,1-4H3;3-7H,1-2H3. The molecule has 0 saturated carbocycles. The lowest BCUT2D eigenvalue weighted by molar-refractivity contribution is 0.00578. The van der Waals surface area contributed by atoms with Crippen molar-refractivity contribution in [2.75, 3.05) is 0 Å². The highest BCUT2D eigenvalue weighted by atomic mass is 35.5. The largest absolute Gasteiger partial charge is 0.494 e. The molecule has 12 heteroatoms. The Hall–Kier alpha value is -9.43. The number of nitrogens with zero attached hydrogens (tertiary/aromatic N) is 4. The van der Waals surface area contributed by atoms with Crippen LogP contribution in [-0.2, 0) is 18.4 Å². The van der Waals surface area contributed by atoms with Crippen LogP contribution in [0.2, 0.25) is 5.02 Å². The van der Waals surface area contributed by atoms with Crippen LogP contribution in [0.25, 0.3) is 77.0 Å². The predicted molar refractivity (Wildman–Crippen MR) is 395 cm³/mol. The number of rotatable bonds is 10. The van der Waals surface area contributed by atoms with Crippen LogP contribution in [-0.4, -0.2) is 38.3 Å². The van der Waals surface area contributed by atoms with Gasteiger partial charge in [-0.25, -0.2) is 0 Å². The van der Waals surface area contributed by atoms with Gasteiger partial charge >= 0.3 is 7.12 Å². The van der Waals surface area contributed by atoms with E-state index in [0.29, 0.717) is 0 Å². The maximum atomic E-state index is 15.0. The Morgan fingerprint density at radius 2 is 0.681 bits per heavy atom. The van der Waals surface area contributed by atoms with E-state index in [1.165, 1.54) is 0 Å². The quantitative estimate of drug-likeness (QED) is 0.0758. The second-order valence-electron chi connectivity index (χ2n) is 25.0. The highest BCUT2D eigenvalue weighted by Crippen LogP contribution is 2.45. The second-order valence-corrected chi connectivity index (χ2v) is 30.9. The molecule has 0 aliphatic carbocycles. The summed E-state index contributed by atoms with van der Waals surface area (Å²) in [6.45, 7) is 16.2. The summed E-state index contributed by atoms with van der Waals surface area (Å²) in [5.41, 5.74) is 14.0. The molecule has 1 fully saturated rings. The van der Waals surface area contributed by atoms with Crippen molar-refractivity contribution in [3.63, 3.8) is 0 Å². The van der Waals surface area contributed by atoms with E-state index in [9.17, 15) is 9.13 Å². The summed E-state index contributed by atoms with van der Waals surface area (Å²) in [7, 11) is -6.54. The Balaban J connectivity index is 0.000000139. The van der Waals surface area contributed by atoms with E-state index in [1.807, 2.05) is 216 Å². The predicted octanol–water partition coefficient (Wildman–Crippen LogP) is 17.7. The third-order valence-electron chi connectivity index (χ3n) is 17.9. The summed E-state index contributed by atoms with van der Waals surface area (Å²) >= 11 is 6.23. The van der Waals surface area contributed by atoms with Crippen molar-refractivity contribution in [2.24, 2.45) is 0 Å². The maximum Gasteiger partial charge on any atom is 0.494 e.